The second-order valence-corrected chi connectivity index (χ2v) is 4.72. The van der Waals surface area contributed by atoms with Gasteiger partial charge in [-0.3, -0.25) is 0 Å². The summed E-state index contributed by atoms with van der Waals surface area (Å²) in [5.74, 6) is 1.30. The molecule has 3 aromatic rings. The number of phenolic OH excluding ortho intramolecular Hbond substituents is 2. The first-order chi connectivity index (χ1) is 9.54. The molecule has 6 heteroatoms. The average molecular weight is 270 g/mol. The van der Waals surface area contributed by atoms with Gasteiger partial charge < -0.3 is 20.1 Å². The molecule has 0 spiro atoms. The van der Waals surface area contributed by atoms with Crippen LogP contribution in [-0.4, -0.2) is 39.3 Å². The molecule has 0 atom stereocenters. The van der Waals surface area contributed by atoms with Crippen LogP contribution in [0.25, 0.3) is 22.6 Å². The van der Waals surface area contributed by atoms with Crippen LogP contribution in [0.4, 0.5) is 5.82 Å². The standard InChI is InChI=1S/C14H14N4O2/c1-18(2)12-6-5-10-14(16-12)17-13(15-10)9-4-3-8(19)7-11(9)20/h3-7,19-20H,1-2H3,(H,15,16,17). The highest BCUT2D eigenvalue weighted by atomic mass is 16.3. The van der Waals surface area contributed by atoms with Crippen molar-refractivity contribution in [3.8, 4) is 22.9 Å². The van der Waals surface area contributed by atoms with Crippen LogP contribution >= 0.6 is 0 Å². The van der Waals surface area contributed by atoms with Gasteiger partial charge in [-0.2, -0.15) is 0 Å². The molecule has 0 amide bonds. The second-order valence-electron chi connectivity index (χ2n) is 4.72. The number of pyridine rings is 1. The van der Waals surface area contributed by atoms with Crippen LogP contribution in [0.2, 0.25) is 0 Å². The first kappa shape index (κ1) is 12.3. The van der Waals surface area contributed by atoms with Crippen molar-refractivity contribution in [3.05, 3.63) is 30.3 Å². The monoisotopic (exact) mass is 270 g/mol. The molecule has 3 N–H and O–H groups in total. The van der Waals surface area contributed by atoms with Crippen LogP contribution in [-0.2, 0) is 0 Å². The first-order valence-electron chi connectivity index (χ1n) is 6.11. The number of fused-ring (bicyclic) bond motifs is 1. The average Bonchev–Trinajstić information content (AvgIpc) is 2.80. The molecule has 0 aliphatic heterocycles. The highest BCUT2D eigenvalue weighted by molar-refractivity contribution is 5.79. The van der Waals surface area contributed by atoms with Gasteiger partial charge in [-0.15, -0.1) is 0 Å². The van der Waals surface area contributed by atoms with E-state index >= 15 is 0 Å². The van der Waals surface area contributed by atoms with Gasteiger partial charge in [0.2, 0.25) is 0 Å². The van der Waals surface area contributed by atoms with E-state index in [0.29, 0.717) is 17.0 Å². The van der Waals surface area contributed by atoms with Crippen molar-refractivity contribution in [2.24, 2.45) is 0 Å². The van der Waals surface area contributed by atoms with Gasteiger partial charge in [0.25, 0.3) is 0 Å². The first-order valence-corrected chi connectivity index (χ1v) is 6.11. The zero-order valence-electron chi connectivity index (χ0n) is 11.1. The molecule has 20 heavy (non-hydrogen) atoms. The van der Waals surface area contributed by atoms with Gasteiger partial charge in [-0.05, 0) is 24.3 Å². The van der Waals surface area contributed by atoms with Crippen molar-refractivity contribution < 1.29 is 10.2 Å². The lowest BCUT2D eigenvalue weighted by atomic mass is 10.2. The van der Waals surface area contributed by atoms with Crippen molar-refractivity contribution >= 4 is 17.0 Å². The van der Waals surface area contributed by atoms with Gasteiger partial charge in [0.05, 0.1) is 11.1 Å². The third-order valence-corrected chi connectivity index (χ3v) is 3.03. The summed E-state index contributed by atoms with van der Waals surface area (Å²) in [4.78, 5) is 13.8. The summed E-state index contributed by atoms with van der Waals surface area (Å²) in [6.45, 7) is 0. The van der Waals surface area contributed by atoms with E-state index in [2.05, 4.69) is 15.0 Å². The summed E-state index contributed by atoms with van der Waals surface area (Å²) in [6.07, 6.45) is 0. The molecule has 1 aromatic carbocycles. The fourth-order valence-electron chi connectivity index (χ4n) is 1.98. The van der Waals surface area contributed by atoms with E-state index in [1.165, 1.54) is 12.1 Å². The summed E-state index contributed by atoms with van der Waals surface area (Å²) in [6, 6.07) is 8.17. The van der Waals surface area contributed by atoms with Crippen LogP contribution in [0, 0.1) is 0 Å². The van der Waals surface area contributed by atoms with E-state index < -0.39 is 0 Å². The molecular formula is C14H14N4O2. The number of rotatable bonds is 2. The smallest absolute Gasteiger partial charge is 0.180 e. The minimum absolute atomic E-state index is 0.00961. The Hall–Kier alpha value is -2.76. The molecule has 0 radical (unpaired) electrons. The van der Waals surface area contributed by atoms with E-state index in [1.807, 2.05) is 31.1 Å². The van der Waals surface area contributed by atoms with Gasteiger partial charge in [0.15, 0.2) is 5.65 Å². The Morgan fingerprint density at radius 2 is 1.85 bits per heavy atom. The largest absolute Gasteiger partial charge is 0.508 e. The number of H-pyrrole nitrogens is 1. The van der Waals surface area contributed by atoms with E-state index in [0.717, 1.165) is 11.3 Å². The van der Waals surface area contributed by atoms with Gasteiger partial charge in [0, 0.05) is 20.2 Å². The maximum absolute atomic E-state index is 9.86. The molecule has 3 rings (SSSR count). The van der Waals surface area contributed by atoms with E-state index in [1.54, 1.807) is 6.07 Å². The zero-order valence-corrected chi connectivity index (χ0v) is 11.1. The maximum Gasteiger partial charge on any atom is 0.180 e. The Morgan fingerprint density at radius 3 is 2.55 bits per heavy atom. The molecule has 0 aliphatic carbocycles. The molecule has 2 aromatic heterocycles. The zero-order chi connectivity index (χ0) is 14.3. The molecule has 2 heterocycles. The number of aromatic hydroxyl groups is 2. The fourth-order valence-corrected chi connectivity index (χ4v) is 1.98. The van der Waals surface area contributed by atoms with Crippen LogP contribution < -0.4 is 4.90 Å². The SMILES string of the molecule is CN(C)c1ccc2[nH]c(-c3ccc(O)cc3O)nc2n1. The highest BCUT2D eigenvalue weighted by Crippen LogP contribution is 2.31. The number of aromatic amines is 1. The molecule has 102 valence electrons. The molecule has 0 fully saturated rings. The summed E-state index contributed by atoms with van der Waals surface area (Å²) in [5, 5.41) is 19.2. The number of benzene rings is 1. The Kier molecular flexibility index (Phi) is 2.71. The third-order valence-electron chi connectivity index (χ3n) is 3.03. The van der Waals surface area contributed by atoms with E-state index in [4.69, 9.17) is 0 Å². The number of aromatic nitrogens is 3. The minimum atomic E-state index is -0.0307. The maximum atomic E-state index is 9.86. The second kappa shape index (κ2) is 4.41. The Balaban J connectivity index is 2.13. The predicted octanol–water partition coefficient (Wildman–Crippen LogP) is 2.10. The lowest BCUT2D eigenvalue weighted by Gasteiger charge is -2.09. The number of hydrogen-bond acceptors (Lipinski definition) is 5. The molecule has 0 saturated heterocycles. The van der Waals surface area contributed by atoms with Crippen molar-refractivity contribution in [1.29, 1.82) is 0 Å². The van der Waals surface area contributed by atoms with Crippen molar-refractivity contribution in [2.75, 3.05) is 19.0 Å². The summed E-state index contributed by atoms with van der Waals surface area (Å²) in [7, 11) is 3.82. The van der Waals surface area contributed by atoms with Crippen molar-refractivity contribution in [1.82, 2.24) is 15.0 Å². The summed E-state index contributed by atoms with van der Waals surface area (Å²) < 4.78 is 0. The molecule has 0 aliphatic rings. The number of hydrogen-bond donors (Lipinski definition) is 3. The number of imidazole rings is 1. The lowest BCUT2D eigenvalue weighted by Crippen LogP contribution is -2.10. The van der Waals surface area contributed by atoms with Gasteiger partial charge in [-0.1, -0.05) is 0 Å². The van der Waals surface area contributed by atoms with Crippen LogP contribution in [0.15, 0.2) is 30.3 Å². The highest BCUT2D eigenvalue weighted by Gasteiger charge is 2.11. The molecule has 0 saturated carbocycles. The minimum Gasteiger partial charge on any atom is -0.508 e. The molecule has 0 unspecified atom stereocenters. The van der Waals surface area contributed by atoms with Crippen LogP contribution in [0.3, 0.4) is 0 Å². The Bertz CT molecular complexity index is 780. The Labute approximate surface area is 115 Å². The van der Waals surface area contributed by atoms with Gasteiger partial charge >= 0.3 is 0 Å². The third kappa shape index (κ3) is 2.01. The topological polar surface area (TPSA) is 85.3 Å². The number of nitrogens with one attached hydrogen (secondary N) is 1. The van der Waals surface area contributed by atoms with Gasteiger partial charge in [-0.25, -0.2) is 9.97 Å². The Morgan fingerprint density at radius 1 is 1.05 bits per heavy atom. The van der Waals surface area contributed by atoms with E-state index in [-0.39, 0.29) is 11.5 Å². The van der Waals surface area contributed by atoms with Gasteiger partial charge in [0.1, 0.15) is 23.1 Å². The number of phenols is 2. The van der Waals surface area contributed by atoms with Crippen molar-refractivity contribution in [2.45, 2.75) is 0 Å². The lowest BCUT2D eigenvalue weighted by molar-refractivity contribution is 0.451. The number of nitrogens with zero attached hydrogens (tertiary/aromatic N) is 3. The van der Waals surface area contributed by atoms with E-state index in [9.17, 15) is 10.2 Å². The normalized spacial score (nSPS) is 10.9. The molecular weight excluding hydrogens is 256 g/mol. The molecule has 6 nitrogen and oxygen atoms in total. The predicted molar refractivity (Wildman–Crippen MR) is 77.0 cm³/mol. The quantitative estimate of drug-likeness (QED) is 0.664. The summed E-state index contributed by atoms with van der Waals surface area (Å²) >= 11 is 0. The van der Waals surface area contributed by atoms with Crippen LogP contribution in [0.5, 0.6) is 11.5 Å². The van der Waals surface area contributed by atoms with Crippen molar-refractivity contribution in [3.63, 3.8) is 0 Å². The molecule has 0 bridgehead atoms. The van der Waals surface area contributed by atoms with Crippen LogP contribution in [0.1, 0.15) is 0 Å². The fraction of sp³-hybridized carbons (Fsp3) is 0.143. The summed E-state index contributed by atoms with van der Waals surface area (Å²) in [5.41, 5.74) is 1.89. The number of anilines is 1.